The summed E-state index contributed by atoms with van der Waals surface area (Å²) in [5.41, 5.74) is 1.23. The van der Waals surface area contributed by atoms with Gasteiger partial charge < -0.3 is 24.7 Å². The molecule has 8 nitrogen and oxygen atoms in total. The lowest BCUT2D eigenvalue weighted by molar-refractivity contribution is 0.310. The van der Waals surface area contributed by atoms with Crippen molar-refractivity contribution in [3.63, 3.8) is 0 Å². The standard InChI is InChI=1S/C20H30N6O2.HI/c1-4-28-17-13-15(9-10-16(17)27-3)7-5-11-22-20(21-2)23-14-19-25-24-18-8-6-12-26(18)19;/h9-10,13H,4-8,11-12,14H2,1-3H3,(H2,21,22,23);1H. The first kappa shape index (κ1) is 23.2. The fourth-order valence-electron chi connectivity index (χ4n) is 3.37. The van der Waals surface area contributed by atoms with Crippen LogP contribution in [0.2, 0.25) is 0 Å². The van der Waals surface area contributed by atoms with Gasteiger partial charge in [0.2, 0.25) is 0 Å². The Morgan fingerprint density at radius 1 is 1.24 bits per heavy atom. The second-order valence-electron chi connectivity index (χ2n) is 6.66. The molecule has 0 atom stereocenters. The summed E-state index contributed by atoms with van der Waals surface area (Å²) < 4.78 is 13.2. The van der Waals surface area contributed by atoms with Crippen molar-refractivity contribution in [2.75, 3.05) is 27.3 Å². The number of fused-ring (bicyclic) bond motifs is 1. The van der Waals surface area contributed by atoms with Crippen LogP contribution in [0.1, 0.15) is 37.0 Å². The Morgan fingerprint density at radius 2 is 2.10 bits per heavy atom. The van der Waals surface area contributed by atoms with Gasteiger partial charge in [-0.05, 0) is 43.9 Å². The Balaban J connectivity index is 0.00000300. The van der Waals surface area contributed by atoms with Crippen molar-refractivity contribution in [3.05, 3.63) is 35.4 Å². The number of aromatic nitrogens is 3. The maximum absolute atomic E-state index is 5.65. The van der Waals surface area contributed by atoms with Crippen LogP contribution in [-0.4, -0.2) is 48.0 Å². The smallest absolute Gasteiger partial charge is 0.191 e. The van der Waals surface area contributed by atoms with Gasteiger partial charge in [0.05, 0.1) is 20.3 Å². The van der Waals surface area contributed by atoms with Crippen LogP contribution in [0.25, 0.3) is 0 Å². The van der Waals surface area contributed by atoms with Gasteiger partial charge in [-0.1, -0.05) is 6.07 Å². The second-order valence-corrected chi connectivity index (χ2v) is 6.66. The van der Waals surface area contributed by atoms with Gasteiger partial charge in [0, 0.05) is 26.6 Å². The molecule has 2 aromatic rings. The lowest BCUT2D eigenvalue weighted by atomic mass is 10.1. The van der Waals surface area contributed by atoms with Crippen LogP contribution in [-0.2, 0) is 25.9 Å². The van der Waals surface area contributed by atoms with E-state index in [-0.39, 0.29) is 24.0 Å². The Bertz CT molecular complexity index is 808. The number of nitrogens with one attached hydrogen (secondary N) is 2. The van der Waals surface area contributed by atoms with E-state index >= 15 is 0 Å². The molecule has 9 heteroatoms. The second kappa shape index (κ2) is 11.8. The largest absolute Gasteiger partial charge is 0.493 e. The van der Waals surface area contributed by atoms with Crippen molar-refractivity contribution in [2.45, 2.75) is 45.7 Å². The molecule has 0 bridgehead atoms. The topological polar surface area (TPSA) is 85.6 Å². The van der Waals surface area contributed by atoms with Crippen molar-refractivity contribution < 1.29 is 9.47 Å². The highest BCUT2D eigenvalue weighted by atomic mass is 127. The molecule has 3 rings (SSSR count). The molecular weight excluding hydrogens is 483 g/mol. The van der Waals surface area contributed by atoms with E-state index in [2.05, 4.69) is 42.5 Å². The summed E-state index contributed by atoms with van der Waals surface area (Å²) in [6.45, 7) is 5.06. The van der Waals surface area contributed by atoms with Crippen molar-refractivity contribution in [1.29, 1.82) is 0 Å². The fraction of sp³-hybridized carbons (Fsp3) is 0.550. The molecule has 0 aliphatic carbocycles. The molecule has 0 fully saturated rings. The van der Waals surface area contributed by atoms with E-state index in [1.165, 1.54) is 5.56 Å². The molecule has 0 spiro atoms. The minimum atomic E-state index is 0. The number of methoxy groups -OCH3 is 1. The lowest BCUT2D eigenvalue weighted by Crippen LogP contribution is -2.38. The maximum Gasteiger partial charge on any atom is 0.191 e. The third-order valence-electron chi connectivity index (χ3n) is 4.79. The van der Waals surface area contributed by atoms with Crippen molar-refractivity contribution in [1.82, 2.24) is 25.4 Å². The quantitative estimate of drug-likeness (QED) is 0.232. The summed E-state index contributed by atoms with van der Waals surface area (Å²) in [6, 6.07) is 6.10. The van der Waals surface area contributed by atoms with E-state index in [1.54, 1.807) is 14.2 Å². The minimum absolute atomic E-state index is 0. The van der Waals surface area contributed by atoms with Crippen LogP contribution in [0.5, 0.6) is 11.5 Å². The number of aliphatic imine (C=N–C) groups is 1. The fourth-order valence-corrected chi connectivity index (χ4v) is 3.37. The van der Waals surface area contributed by atoms with Gasteiger partial charge >= 0.3 is 0 Å². The van der Waals surface area contributed by atoms with E-state index in [4.69, 9.17) is 9.47 Å². The van der Waals surface area contributed by atoms with E-state index in [1.807, 2.05) is 13.0 Å². The minimum Gasteiger partial charge on any atom is -0.493 e. The Labute approximate surface area is 189 Å². The average molecular weight is 514 g/mol. The number of hydrogen-bond donors (Lipinski definition) is 2. The zero-order valence-electron chi connectivity index (χ0n) is 17.4. The number of hydrogen-bond acceptors (Lipinski definition) is 5. The zero-order valence-corrected chi connectivity index (χ0v) is 19.7. The third kappa shape index (κ3) is 6.22. The van der Waals surface area contributed by atoms with E-state index in [9.17, 15) is 0 Å². The first-order valence-corrected chi connectivity index (χ1v) is 9.90. The first-order valence-electron chi connectivity index (χ1n) is 9.90. The Hall–Kier alpha value is -2.04. The van der Waals surface area contributed by atoms with E-state index in [0.717, 1.165) is 67.9 Å². The number of halogens is 1. The molecule has 2 N–H and O–H groups in total. The normalized spacial score (nSPS) is 12.9. The summed E-state index contributed by atoms with van der Waals surface area (Å²) in [5, 5.41) is 15.2. The predicted octanol–water partition coefficient (Wildman–Crippen LogP) is 2.55. The molecule has 1 aliphatic heterocycles. The molecule has 0 radical (unpaired) electrons. The van der Waals surface area contributed by atoms with Crippen LogP contribution >= 0.6 is 24.0 Å². The van der Waals surface area contributed by atoms with E-state index < -0.39 is 0 Å². The number of nitrogens with zero attached hydrogens (tertiary/aromatic N) is 4. The highest BCUT2D eigenvalue weighted by molar-refractivity contribution is 14.0. The molecule has 1 aliphatic rings. The number of aryl methyl sites for hydroxylation is 2. The number of guanidine groups is 1. The summed E-state index contributed by atoms with van der Waals surface area (Å²) >= 11 is 0. The highest BCUT2D eigenvalue weighted by Crippen LogP contribution is 2.28. The maximum atomic E-state index is 5.65. The molecule has 2 heterocycles. The van der Waals surface area contributed by atoms with Crippen LogP contribution < -0.4 is 20.1 Å². The van der Waals surface area contributed by atoms with Crippen LogP contribution in [0.3, 0.4) is 0 Å². The van der Waals surface area contributed by atoms with Gasteiger partial charge in [0.25, 0.3) is 0 Å². The van der Waals surface area contributed by atoms with Gasteiger partial charge in [-0.3, -0.25) is 4.99 Å². The molecule has 0 saturated heterocycles. The lowest BCUT2D eigenvalue weighted by Gasteiger charge is -2.13. The summed E-state index contributed by atoms with van der Waals surface area (Å²) in [7, 11) is 3.44. The van der Waals surface area contributed by atoms with Crippen molar-refractivity contribution in [3.8, 4) is 11.5 Å². The van der Waals surface area contributed by atoms with Gasteiger partial charge in [-0.2, -0.15) is 0 Å². The number of benzene rings is 1. The summed E-state index contributed by atoms with van der Waals surface area (Å²) in [4.78, 5) is 4.29. The predicted molar refractivity (Wildman–Crippen MR) is 124 cm³/mol. The molecule has 0 amide bonds. The number of rotatable bonds is 9. The highest BCUT2D eigenvalue weighted by Gasteiger charge is 2.17. The Morgan fingerprint density at radius 3 is 2.86 bits per heavy atom. The van der Waals surface area contributed by atoms with E-state index in [0.29, 0.717) is 13.2 Å². The molecule has 160 valence electrons. The van der Waals surface area contributed by atoms with Gasteiger partial charge in [-0.25, -0.2) is 0 Å². The van der Waals surface area contributed by atoms with Gasteiger partial charge in [0.1, 0.15) is 5.82 Å². The monoisotopic (exact) mass is 514 g/mol. The molecule has 1 aromatic carbocycles. The van der Waals surface area contributed by atoms with Crippen molar-refractivity contribution in [2.24, 2.45) is 4.99 Å². The van der Waals surface area contributed by atoms with Gasteiger partial charge in [-0.15, -0.1) is 34.2 Å². The van der Waals surface area contributed by atoms with Gasteiger partial charge in [0.15, 0.2) is 23.3 Å². The molecular formula is C20H31IN6O2. The van der Waals surface area contributed by atoms with Crippen molar-refractivity contribution >= 4 is 29.9 Å². The molecule has 1 aromatic heterocycles. The SMILES string of the molecule is CCOc1cc(CCCNC(=NC)NCc2nnc3n2CCC3)ccc1OC.I. The molecule has 0 saturated carbocycles. The molecule has 0 unspecified atom stereocenters. The van der Waals surface area contributed by atoms with Crippen LogP contribution in [0.15, 0.2) is 23.2 Å². The van der Waals surface area contributed by atoms with Crippen LogP contribution in [0.4, 0.5) is 0 Å². The first-order chi connectivity index (χ1) is 13.7. The molecule has 29 heavy (non-hydrogen) atoms. The zero-order chi connectivity index (χ0) is 19.8. The third-order valence-corrected chi connectivity index (χ3v) is 4.79. The number of ether oxygens (including phenoxy) is 2. The average Bonchev–Trinajstić information content (AvgIpc) is 3.32. The summed E-state index contributed by atoms with van der Waals surface area (Å²) in [6.07, 6.45) is 4.11. The Kier molecular flexibility index (Phi) is 9.49. The van der Waals surface area contributed by atoms with Crippen LogP contribution in [0, 0.1) is 0 Å². The summed E-state index contributed by atoms with van der Waals surface area (Å²) in [5.74, 6) is 4.41.